The number of aliphatic hydroxyl groups is 1. The molecule has 0 atom stereocenters. The van der Waals surface area contributed by atoms with E-state index in [4.69, 9.17) is 0 Å². The lowest BCUT2D eigenvalue weighted by Gasteiger charge is -2.43. The van der Waals surface area contributed by atoms with Crippen molar-refractivity contribution < 1.29 is 9.90 Å². The summed E-state index contributed by atoms with van der Waals surface area (Å²) in [5.41, 5.74) is 0.163. The highest BCUT2D eigenvalue weighted by Crippen LogP contribution is 2.19. The lowest BCUT2D eigenvalue weighted by atomic mass is 9.97. The van der Waals surface area contributed by atoms with Gasteiger partial charge in [-0.2, -0.15) is 5.10 Å². The minimum Gasteiger partial charge on any atom is -0.386 e. The molecule has 1 saturated heterocycles. The Morgan fingerprint density at radius 1 is 1.62 bits per heavy atom. The number of carbonyl (C=O) groups excluding carboxylic acids is 1. The molecular weight excluding hydrogens is 206 g/mol. The van der Waals surface area contributed by atoms with Crippen LogP contribution in [0, 0.1) is 0 Å². The third-order valence-electron chi connectivity index (χ3n) is 2.63. The zero-order valence-corrected chi connectivity index (χ0v) is 9.42. The Morgan fingerprint density at radius 2 is 2.31 bits per heavy atom. The van der Waals surface area contributed by atoms with Gasteiger partial charge >= 0.3 is 0 Å². The van der Waals surface area contributed by atoms with E-state index in [9.17, 15) is 9.90 Å². The number of carbonyl (C=O) groups is 1. The predicted molar refractivity (Wildman–Crippen MR) is 59.4 cm³/mol. The van der Waals surface area contributed by atoms with E-state index < -0.39 is 5.60 Å². The highest BCUT2D eigenvalue weighted by molar-refractivity contribution is 5.92. The number of hydrogen-bond acceptors (Lipinski definition) is 3. The first-order valence-corrected chi connectivity index (χ1v) is 5.15. The van der Waals surface area contributed by atoms with Crippen LogP contribution in [0.25, 0.3) is 6.08 Å². The summed E-state index contributed by atoms with van der Waals surface area (Å²) in [7, 11) is 1.82. The molecule has 2 rings (SSSR count). The highest BCUT2D eigenvalue weighted by atomic mass is 16.3. The maximum Gasteiger partial charge on any atom is 0.246 e. The van der Waals surface area contributed by atoms with E-state index in [2.05, 4.69) is 5.10 Å². The maximum atomic E-state index is 11.6. The zero-order chi connectivity index (χ0) is 11.8. The summed E-state index contributed by atoms with van der Waals surface area (Å²) in [5, 5.41) is 13.5. The Labute approximate surface area is 94.0 Å². The molecule has 1 N–H and O–H groups in total. The Morgan fingerprint density at radius 3 is 2.81 bits per heavy atom. The summed E-state index contributed by atoms with van der Waals surface area (Å²) in [6.07, 6.45) is 4.91. The first kappa shape index (κ1) is 10.9. The summed E-state index contributed by atoms with van der Waals surface area (Å²) in [5.74, 6) is -0.0762. The SMILES string of the molecule is Cn1nccc1C=CC(=O)N1CC(C)(O)C1. The third kappa shape index (κ3) is 2.14. The van der Waals surface area contributed by atoms with Gasteiger partial charge in [-0.3, -0.25) is 9.48 Å². The van der Waals surface area contributed by atoms with Crippen LogP contribution in [0.15, 0.2) is 18.3 Å². The minimum atomic E-state index is -0.712. The van der Waals surface area contributed by atoms with Gasteiger partial charge in [-0.1, -0.05) is 0 Å². The van der Waals surface area contributed by atoms with Crippen LogP contribution in [-0.2, 0) is 11.8 Å². The summed E-state index contributed by atoms with van der Waals surface area (Å²) in [6.45, 7) is 2.53. The van der Waals surface area contributed by atoms with Crippen LogP contribution in [0.1, 0.15) is 12.6 Å². The van der Waals surface area contributed by atoms with E-state index in [0.29, 0.717) is 13.1 Å². The number of rotatable bonds is 2. The van der Waals surface area contributed by atoms with E-state index in [-0.39, 0.29) is 5.91 Å². The van der Waals surface area contributed by atoms with E-state index in [0.717, 1.165) is 5.69 Å². The fourth-order valence-corrected chi connectivity index (χ4v) is 1.74. The van der Waals surface area contributed by atoms with Gasteiger partial charge < -0.3 is 10.0 Å². The number of amides is 1. The molecule has 1 aromatic heterocycles. The van der Waals surface area contributed by atoms with Crippen molar-refractivity contribution in [2.75, 3.05) is 13.1 Å². The summed E-state index contributed by atoms with van der Waals surface area (Å²) in [4.78, 5) is 13.2. The zero-order valence-electron chi connectivity index (χ0n) is 9.42. The maximum absolute atomic E-state index is 11.6. The van der Waals surface area contributed by atoms with E-state index in [1.807, 2.05) is 13.1 Å². The predicted octanol–water partition coefficient (Wildman–Crippen LogP) is 0.0265. The molecule has 1 aromatic rings. The van der Waals surface area contributed by atoms with Crippen molar-refractivity contribution in [1.29, 1.82) is 0 Å². The van der Waals surface area contributed by atoms with Crippen molar-refractivity contribution >= 4 is 12.0 Å². The lowest BCUT2D eigenvalue weighted by Crippen LogP contribution is -2.61. The molecule has 0 radical (unpaired) electrons. The van der Waals surface area contributed by atoms with Gasteiger partial charge in [0.1, 0.15) is 0 Å². The third-order valence-corrected chi connectivity index (χ3v) is 2.63. The fraction of sp³-hybridized carbons (Fsp3) is 0.455. The van der Waals surface area contributed by atoms with Crippen molar-refractivity contribution in [3.05, 3.63) is 24.0 Å². The standard InChI is InChI=1S/C11H15N3O2/c1-11(16)7-14(8-11)10(15)4-3-9-5-6-12-13(9)2/h3-6,16H,7-8H2,1-2H3. The average molecular weight is 221 g/mol. The Balaban J connectivity index is 1.94. The monoisotopic (exact) mass is 221 g/mol. The molecule has 1 amide bonds. The van der Waals surface area contributed by atoms with Crippen molar-refractivity contribution in [2.24, 2.45) is 7.05 Å². The fourth-order valence-electron chi connectivity index (χ4n) is 1.74. The van der Waals surface area contributed by atoms with Gasteiger partial charge in [-0.15, -0.1) is 0 Å². The molecule has 5 heteroatoms. The van der Waals surface area contributed by atoms with Crippen LogP contribution in [0.3, 0.4) is 0 Å². The number of aryl methyl sites for hydroxylation is 1. The molecule has 1 aliphatic heterocycles. The quantitative estimate of drug-likeness (QED) is 0.717. The second-order valence-corrected chi connectivity index (χ2v) is 4.40. The largest absolute Gasteiger partial charge is 0.386 e. The van der Waals surface area contributed by atoms with Crippen LogP contribution in [0.4, 0.5) is 0 Å². The molecule has 2 heterocycles. The van der Waals surface area contributed by atoms with Crippen LogP contribution < -0.4 is 0 Å². The first-order chi connectivity index (χ1) is 7.48. The molecule has 16 heavy (non-hydrogen) atoms. The average Bonchev–Trinajstić information content (AvgIpc) is 2.56. The van der Waals surface area contributed by atoms with Gasteiger partial charge in [-0.05, 0) is 19.1 Å². The molecule has 5 nitrogen and oxygen atoms in total. The highest BCUT2D eigenvalue weighted by Gasteiger charge is 2.38. The van der Waals surface area contributed by atoms with Crippen LogP contribution >= 0.6 is 0 Å². The van der Waals surface area contributed by atoms with E-state index in [1.165, 1.54) is 6.08 Å². The number of hydrogen-bond donors (Lipinski definition) is 1. The first-order valence-electron chi connectivity index (χ1n) is 5.15. The Bertz CT molecular complexity index is 426. The molecule has 86 valence electrons. The summed E-state index contributed by atoms with van der Waals surface area (Å²) < 4.78 is 1.69. The molecule has 0 aromatic carbocycles. The second-order valence-electron chi connectivity index (χ2n) is 4.40. The minimum absolute atomic E-state index is 0.0762. The second kappa shape index (κ2) is 3.75. The van der Waals surface area contributed by atoms with E-state index >= 15 is 0 Å². The number of β-amino-alcohol motifs (C(OH)–C–C–N with tert-alkyl or cyclic N) is 1. The lowest BCUT2D eigenvalue weighted by molar-refractivity contribution is -0.146. The van der Waals surface area contributed by atoms with Gasteiger partial charge in [0.25, 0.3) is 0 Å². The van der Waals surface area contributed by atoms with Crippen molar-refractivity contribution in [2.45, 2.75) is 12.5 Å². The Kier molecular flexibility index (Phi) is 2.55. The number of aromatic nitrogens is 2. The van der Waals surface area contributed by atoms with Crippen molar-refractivity contribution in [1.82, 2.24) is 14.7 Å². The molecule has 0 unspecified atom stereocenters. The molecule has 0 saturated carbocycles. The molecule has 1 aliphatic rings. The topological polar surface area (TPSA) is 58.4 Å². The molecule has 1 fully saturated rings. The van der Waals surface area contributed by atoms with Crippen molar-refractivity contribution in [3.8, 4) is 0 Å². The van der Waals surface area contributed by atoms with Crippen LogP contribution in [0.2, 0.25) is 0 Å². The van der Waals surface area contributed by atoms with Crippen molar-refractivity contribution in [3.63, 3.8) is 0 Å². The summed E-state index contributed by atoms with van der Waals surface area (Å²) >= 11 is 0. The molecule has 0 spiro atoms. The van der Waals surface area contributed by atoms with E-state index in [1.54, 1.807) is 28.8 Å². The van der Waals surface area contributed by atoms with Gasteiger partial charge in [0.2, 0.25) is 5.91 Å². The van der Waals surface area contributed by atoms with Gasteiger partial charge in [0.05, 0.1) is 24.4 Å². The normalized spacial score (nSPS) is 18.8. The number of nitrogens with zero attached hydrogens (tertiary/aromatic N) is 3. The van der Waals surface area contributed by atoms with Gasteiger partial charge in [0.15, 0.2) is 0 Å². The van der Waals surface area contributed by atoms with Crippen LogP contribution in [-0.4, -0.2) is 44.4 Å². The smallest absolute Gasteiger partial charge is 0.246 e. The molecule has 0 aliphatic carbocycles. The van der Waals surface area contributed by atoms with Gasteiger partial charge in [0, 0.05) is 19.3 Å². The van der Waals surface area contributed by atoms with Gasteiger partial charge in [-0.25, -0.2) is 0 Å². The molecule has 0 bridgehead atoms. The molecular formula is C11H15N3O2. The number of likely N-dealkylation sites (tertiary alicyclic amines) is 1. The Hall–Kier alpha value is -1.62. The van der Waals surface area contributed by atoms with Crippen LogP contribution in [0.5, 0.6) is 0 Å². The summed E-state index contributed by atoms with van der Waals surface area (Å²) in [6, 6.07) is 1.83.